The van der Waals surface area contributed by atoms with E-state index in [-0.39, 0.29) is 24.2 Å². The molecule has 0 fully saturated rings. The molecule has 1 aromatic carbocycles. The second kappa shape index (κ2) is 7.42. The van der Waals surface area contributed by atoms with Crippen LogP contribution in [0.3, 0.4) is 0 Å². The summed E-state index contributed by atoms with van der Waals surface area (Å²) >= 11 is 0. The van der Waals surface area contributed by atoms with Crippen molar-refractivity contribution in [1.29, 1.82) is 0 Å². The third kappa shape index (κ3) is 4.42. The molecule has 0 aliphatic heterocycles. The molecule has 1 aromatic heterocycles. The molecule has 2 aromatic rings. The summed E-state index contributed by atoms with van der Waals surface area (Å²) in [5, 5.41) is 10.4. The molecule has 0 saturated heterocycles. The van der Waals surface area contributed by atoms with Crippen LogP contribution < -0.4 is 0 Å². The summed E-state index contributed by atoms with van der Waals surface area (Å²) in [6, 6.07) is 9.28. The number of aromatic nitrogens is 1. The predicted molar refractivity (Wildman–Crippen MR) is 87.5 cm³/mol. The summed E-state index contributed by atoms with van der Waals surface area (Å²) < 4.78 is 14.8. The zero-order valence-corrected chi connectivity index (χ0v) is 13.7. The van der Waals surface area contributed by atoms with Gasteiger partial charge in [0.15, 0.2) is 0 Å². The lowest BCUT2D eigenvalue weighted by Crippen LogP contribution is -2.38. The standard InChI is InChI=1S/C18H23FN2O2/c1-13(2)11-21(18(23)16-5-4-10-20(16)3)12-17(22)14-6-8-15(19)9-7-14/h4-10,13,17,22H,11-12H2,1-3H3/t17-/m1/s1. The third-order valence-electron chi connectivity index (χ3n) is 3.68. The molecule has 5 heteroatoms. The van der Waals surface area contributed by atoms with E-state index in [1.54, 1.807) is 27.7 Å². The molecule has 0 aliphatic carbocycles. The Morgan fingerprint density at radius 3 is 2.39 bits per heavy atom. The molecule has 124 valence electrons. The lowest BCUT2D eigenvalue weighted by molar-refractivity contribution is 0.0585. The smallest absolute Gasteiger partial charge is 0.270 e. The topological polar surface area (TPSA) is 45.5 Å². The SMILES string of the molecule is CC(C)CN(C[C@@H](O)c1ccc(F)cc1)C(=O)c1cccn1C. The minimum absolute atomic E-state index is 0.118. The van der Waals surface area contributed by atoms with Crippen LogP contribution in [-0.4, -0.2) is 33.6 Å². The van der Waals surface area contributed by atoms with E-state index in [0.29, 0.717) is 17.8 Å². The number of aliphatic hydroxyl groups is 1. The molecule has 0 radical (unpaired) electrons. The van der Waals surface area contributed by atoms with Crippen molar-refractivity contribution >= 4 is 5.91 Å². The largest absolute Gasteiger partial charge is 0.387 e. The van der Waals surface area contributed by atoms with Gasteiger partial charge in [-0.3, -0.25) is 4.79 Å². The summed E-state index contributed by atoms with van der Waals surface area (Å²) in [6.07, 6.45) is 0.968. The highest BCUT2D eigenvalue weighted by atomic mass is 19.1. The molecule has 23 heavy (non-hydrogen) atoms. The Bertz CT molecular complexity index is 649. The Balaban J connectivity index is 2.16. The van der Waals surface area contributed by atoms with Crippen molar-refractivity contribution in [2.24, 2.45) is 13.0 Å². The van der Waals surface area contributed by atoms with E-state index >= 15 is 0 Å². The van der Waals surface area contributed by atoms with Gasteiger partial charge in [0.2, 0.25) is 0 Å². The first-order valence-corrected chi connectivity index (χ1v) is 7.72. The summed E-state index contributed by atoms with van der Waals surface area (Å²) in [6.45, 7) is 4.77. The van der Waals surface area contributed by atoms with Gasteiger partial charge in [0.05, 0.1) is 12.6 Å². The second-order valence-corrected chi connectivity index (χ2v) is 6.18. The van der Waals surface area contributed by atoms with E-state index in [9.17, 15) is 14.3 Å². The van der Waals surface area contributed by atoms with Gasteiger partial charge in [-0.15, -0.1) is 0 Å². The van der Waals surface area contributed by atoms with E-state index < -0.39 is 6.10 Å². The highest BCUT2D eigenvalue weighted by Crippen LogP contribution is 2.17. The molecule has 0 unspecified atom stereocenters. The van der Waals surface area contributed by atoms with Gasteiger partial charge in [-0.25, -0.2) is 4.39 Å². The minimum atomic E-state index is -0.849. The Kier molecular flexibility index (Phi) is 5.55. The number of hydrogen-bond acceptors (Lipinski definition) is 2. The zero-order valence-electron chi connectivity index (χ0n) is 13.7. The fourth-order valence-electron chi connectivity index (χ4n) is 2.53. The van der Waals surface area contributed by atoms with Crippen molar-refractivity contribution in [3.8, 4) is 0 Å². The number of aryl methyl sites for hydroxylation is 1. The van der Waals surface area contributed by atoms with Crippen LogP contribution in [0.1, 0.15) is 36.0 Å². The third-order valence-corrected chi connectivity index (χ3v) is 3.68. The molecule has 1 N–H and O–H groups in total. The number of hydrogen-bond donors (Lipinski definition) is 1. The van der Waals surface area contributed by atoms with Gasteiger partial charge < -0.3 is 14.6 Å². The van der Waals surface area contributed by atoms with Gasteiger partial charge in [-0.1, -0.05) is 26.0 Å². The van der Waals surface area contributed by atoms with Crippen LogP contribution in [0, 0.1) is 11.7 Å². The summed E-state index contributed by atoms with van der Waals surface area (Å²) in [4.78, 5) is 14.4. The number of aliphatic hydroxyl groups excluding tert-OH is 1. The fourth-order valence-corrected chi connectivity index (χ4v) is 2.53. The van der Waals surface area contributed by atoms with Gasteiger partial charge in [-0.2, -0.15) is 0 Å². The molecule has 1 heterocycles. The Morgan fingerprint density at radius 2 is 1.87 bits per heavy atom. The first kappa shape index (κ1) is 17.2. The highest BCUT2D eigenvalue weighted by Gasteiger charge is 2.22. The Labute approximate surface area is 136 Å². The molecule has 0 spiro atoms. The number of nitrogens with zero attached hydrogens (tertiary/aromatic N) is 2. The quantitative estimate of drug-likeness (QED) is 0.890. The monoisotopic (exact) mass is 318 g/mol. The molecular weight excluding hydrogens is 295 g/mol. The summed E-state index contributed by atoms with van der Waals surface area (Å²) in [7, 11) is 1.82. The predicted octanol–water partition coefficient (Wildman–Crippen LogP) is 3.00. The molecule has 1 atom stereocenters. The van der Waals surface area contributed by atoms with Gasteiger partial charge in [-0.05, 0) is 35.7 Å². The van der Waals surface area contributed by atoms with E-state index in [4.69, 9.17) is 0 Å². The van der Waals surface area contributed by atoms with Crippen LogP contribution in [0.25, 0.3) is 0 Å². The lowest BCUT2D eigenvalue weighted by atomic mass is 10.1. The van der Waals surface area contributed by atoms with Crippen molar-refractivity contribution in [3.63, 3.8) is 0 Å². The van der Waals surface area contributed by atoms with E-state index in [1.165, 1.54) is 12.1 Å². The number of carbonyl (C=O) groups excluding carboxylic acids is 1. The zero-order chi connectivity index (χ0) is 17.0. The van der Waals surface area contributed by atoms with Crippen LogP contribution in [-0.2, 0) is 7.05 Å². The van der Waals surface area contributed by atoms with E-state index in [0.717, 1.165) is 0 Å². The summed E-state index contributed by atoms with van der Waals surface area (Å²) in [5.74, 6) is -0.188. The maximum absolute atomic E-state index is 13.0. The lowest BCUT2D eigenvalue weighted by Gasteiger charge is -2.27. The second-order valence-electron chi connectivity index (χ2n) is 6.18. The maximum atomic E-state index is 13.0. The minimum Gasteiger partial charge on any atom is -0.387 e. The van der Waals surface area contributed by atoms with Gasteiger partial charge in [0.1, 0.15) is 11.5 Å². The van der Waals surface area contributed by atoms with Crippen LogP contribution in [0.15, 0.2) is 42.6 Å². The molecule has 0 aliphatic rings. The molecule has 4 nitrogen and oxygen atoms in total. The first-order valence-electron chi connectivity index (χ1n) is 7.72. The highest BCUT2D eigenvalue weighted by molar-refractivity contribution is 5.92. The van der Waals surface area contributed by atoms with Crippen molar-refractivity contribution in [2.75, 3.05) is 13.1 Å². The molecule has 0 bridgehead atoms. The Hall–Kier alpha value is -2.14. The van der Waals surface area contributed by atoms with Gasteiger partial charge in [0.25, 0.3) is 5.91 Å². The summed E-state index contributed by atoms with van der Waals surface area (Å²) in [5.41, 5.74) is 1.18. The average Bonchev–Trinajstić information content (AvgIpc) is 2.92. The van der Waals surface area contributed by atoms with E-state index in [1.807, 2.05) is 33.2 Å². The maximum Gasteiger partial charge on any atom is 0.270 e. The van der Waals surface area contributed by atoms with Gasteiger partial charge >= 0.3 is 0 Å². The molecular formula is C18H23FN2O2. The van der Waals surface area contributed by atoms with Crippen molar-refractivity contribution in [2.45, 2.75) is 20.0 Å². The normalized spacial score (nSPS) is 12.4. The van der Waals surface area contributed by atoms with Gasteiger partial charge in [0, 0.05) is 19.8 Å². The van der Waals surface area contributed by atoms with Crippen LogP contribution in [0.2, 0.25) is 0 Å². The number of halogens is 1. The van der Waals surface area contributed by atoms with Crippen molar-refractivity contribution in [1.82, 2.24) is 9.47 Å². The Morgan fingerprint density at radius 1 is 1.22 bits per heavy atom. The first-order chi connectivity index (χ1) is 10.9. The fraction of sp³-hybridized carbons (Fsp3) is 0.389. The number of carbonyl (C=O) groups is 1. The van der Waals surface area contributed by atoms with Crippen LogP contribution in [0.4, 0.5) is 4.39 Å². The van der Waals surface area contributed by atoms with Crippen molar-refractivity contribution < 1.29 is 14.3 Å². The number of rotatable bonds is 6. The van der Waals surface area contributed by atoms with Crippen LogP contribution >= 0.6 is 0 Å². The number of benzene rings is 1. The molecule has 1 amide bonds. The van der Waals surface area contributed by atoms with Crippen LogP contribution in [0.5, 0.6) is 0 Å². The molecule has 0 saturated carbocycles. The van der Waals surface area contributed by atoms with Crippen molar-refractivity contribution in [3.05, 3.63) is 59.7 Å². The molecule has 2 rings (SSSR count). The van der Waals surface area contributed by atoms with E-state index in [2.05, 4.69) is 0 Å². The number of amides is 1. The average molecular weight is 318 g/mol.